The van der Waals surface area contributed by atoms with Gasteiger partial charge in [0, 0.05) is 22.7 Å². The molecule has 2 nitrogen and oxygen atoms in total. The van der Waals surface area contributed by atoms with Gasteiger partial charge >= 0.3 is 0 Å². The lowest BCUT2D eigenvalue weighted by Crippen LogP contribution is -2.34. The van der Waals surface area contributed by atoms with Gasteiger partial charge in [-0.25, -0.2) is 0 Å². The molecule has 0 N–H and O–H groups in total. The van der Waals surface area contributed by atoms with Crippen molar-refractivity contribution < 1.29 is 4.79 Å². The molecule has 0 saturated carbocycles. The summed E-state index contributed by atoms with van der Waals surface area (Å²) in [5.41, 5.74) is 1.97. The summed E-state index contributed by atoms with van der Waals surface area (Å²) >= 11 is 11.6. The third-order valence-electron chi connectivity index (χ3n) is 2.95. The molecule has 86 valence electrons. The predicted octanol–water partition coefficient (Wildman–Crippen LogP) is 3.20. The van der Waals surface area contributed by atoms with Crippen LogP contribution in [0.5, 0.6) is 0 Å². The maximum absolute atomic E-state index is 11.7. The first-order chi connectivity index (χ1) is 7.45. The molecule has 4 heteroatoms. The van der Waals surface area contributed by atoms with Crippen molar-refractivity contribution in [2.75, 3.05) is 17.3 Å². The van der Waals surface area contributed by atoms with Crippen LogP contribution in [0.1, 0.15) is 19.4 Å². The number of rotatable bonds is 1. The minimum atomic E-state index is -0.0675. The Morgan fingerprint density at radius 2 is 2.19 bits per heavy atom. The minimum absolute atomic E-state index is 0.0121. The summed E-state index contributed by atoms with van der Waals surface area (Å²) in [6.07, 6.45) is 0. The third kappa shape index (κ3) is 1.80. The van der Waals surface area contributed by atoms with Crippen molar-refractivity contribution in [3.8, 4) is 0 Å². The number of hydrogen-bond donors (Lipinski definition) is 0. The van der Waals surface area contributed by atoms with Crippen molar-refractivity contribution >= 4 is 34.8 Å². The van der Waals surface area contributed by atoms with Gasteiger partial charge in [0.1, 0.15) is 5.88 Å². The average molecular weight is 258 g/mol. The van der Waals surface area contributed by atoms with E-state index < -0.39 is 0 Å². The monoisotopic (exact) mass is 257 g/mol. The largest absolute Gasteiger partial charge is 0.310 e. The number of carbonyl (C=O) groups is 1. The number of carbonyl (C=O) groups excluding carboxylic acids is 1. The Bertz CT molecular complexity index is 443. The number of halogens is 2. The van der Waals surface area contributed by atoms with Crippen molar-refractivity contribution in [1.29, 1.82) is 0 Å². The van der Waals surface area contributed by atoms with Gasteiger partial charge in [0.15, 0.2) is 0 Å². The van der Waals surface area contributed by atoms with Gasteiger partial charge in [0.2, 0.25) is 5.91 Å². The van der Waals surface area contributed by atoms with Crippen LogP contribution in [0, 0.1) is 0 Å². The second-order valence-electron chi connectivity index (χ2n) is 4.66. The number of hydrogen-bond acceptors (Lipinski definition) is 1. The standard InChI is InChI=1S/C12H13Cl2NO/c1-12(2)7-15(11(16)6-13)10-4-3-8(14)5-9(10)12/h3-5H,6-7H2,1-2H3. The average Bonchev–Trinajstić information content (AvgIpc) is 2.50. The van der Waals surface area contributed by atoms with Crippen LogP contribution in [-0.2, 0) is 10.2 Å². The highest BCUT2D eigenvalue weighted by Gasteiger charge is 2.37. The van der Waals surface area contributed by atoms with Gasteiger partial charge in [-0.1, -0.05) is 25.4 Å². The quantitative estimate of drug-likeness (QED) is 0.708. The molecule has 1 aliphatic rings. The lowest BCUT2D eigenvalue weighted by atomic mass is 9.87. The fourth-order valence-corrected chi connectivity index (χ4v) is 2.46. The Balaban J connectivity index is 2.51. The van der Waals surface area contributed by atoms with E-state index in [2.05, 4.69) is 13.8 Å². The van der Waals surface area contributed by atoms with Gasteiger partial charge in [-0.2, -0.15) is 0 Å². The molecule has 0 saturated heterocycles. The van der Waals surface area contributed by atoms with Crippen LogP contribution < -0.4 is 4.90 Å². The van der Waals surface area contributed by atoms with Gasteiger partial charge in [0.25, 0.3) is 0 Å². The zero-order valence-corrected chi connectivity index (χ0v) is 10.8. The van der Waals surface area contributed by atoms with Gasteiger partial charge in [-0.05, 0) is 23.8 Å². The Kier molecular flexibility index (Phi) is 2.89. The molecule has 0 unspecified atom stereocenters. The van der Waals surface area contributed by atoms with E-state index in [4.69, 9.17) is 23.2 Å². The highest BCUT2D eigenvalue weighted by molar-refractivity contribution is 6.31. The van der Waals surface area contributed by atoms with Crippen LogP contribution in [0.2, 0.25) is 5.02 Å². The molecule has 0 bridgehead atoms. The van der Waals surface area contributed by atoms with Gasteiger partial charge in [-0.3, -0.25) is 4.79 Å². The van der Waals surface area contributed by atoms with Crippen molar-refractivity contribution in [1.82, 2.24) is 0 Å². The van der Waals surface area contributed by atoms with Crippen molar-refractivity contribution in [2.24, 2.45) is 0 Å². The second-order valence-corrected chi connectivity index (χ2v) is 5.36. The van der Waals surface area contributed by atoms with Gasteiger partial charge in [-0.15, -0.1) is 11.6 Å². The topological polar surface area (TPSA) is 20.3 Å². The van der Waals surface area contributed by atoms with Crippen molar-refractivity contribution in [3.05, 3.63) is 28.8 Å². The molecule has 0 radical (unpaired) electrons. The molecular formula is C12H13Cl2NO. The highest BCUT2D eigenvalue weighted by Crippen LogP contribution is 2.41. The van der Waals surface area contributed by atoms with Gasteiger partial charge < -0.3 is 4.90 Å². The molecular weight excluding hydrogens is 245 g/mol. The fourth-order valence-electron chi connectivity index (χ4n) is 2.15. The van der Waals surface area contributed by atoms with Crippen LogP contribution in [-0.4, -0.2) is 18.3 Å². The van der Waals surface area contributed by atoms with Crippen LogP contribution in [0.4, 0.5) is 5.69 Å². The molecule has 0 fully saturated rings. The van der Waals surface area contributed by atoms with Crippen molar-refractivity contribution in [3.63, 3.8) is 0 Å². The number of amides is 1. The Morgan fingerprint density at radius 1 is 1.50 bits per heavy atom. The van der Waals surface area contributed by atoms with E-state index >= 15 is 0 Å². The van der Waals surface area contributed by atoms with Crippen LogP contribution in [0.25, 0.3) is 0 Å². The van der Waals surface area contributed by atoms with Crippen LogP contribution >= 0.6 is 23.2 Å². The lowest BCUT2D eigenvalue weighted by Gasteiger charge is -2.19. The molecule has 2 rings (SSSR count). The molecule has 1 amide bonds. The number of alkyl halides is 1. The molecule has 0 aromatic heterocycles. The summed E-state index contributed by atoms with van der Waals surface area (Å²) in [6.45, 7) is 4.86. The normalized spacial score (nSPS) is 17.4. The fraction of sp³-hybridized carbons (Fsp3) is 0.417. The van der Waals surface area contributed by atoms with E-state index in [1.54, 1.807) is 11.0 Å². The smallest absolute Gasteiger partial charge is 0.241 e. The molecule has 1 aliphatic heterocycles. The number of anilines is 1. The van der Waals surface area contributed by atoms with E-state index in [0.717, 1.165) is 11.3 Å². The lowest BCUT2D eigenvalue weighted by molar-refractivity contribution is -0.116. The molecule has 1 heterocycles. The summed E-state index contributed by atoms with van der Waals surface area (Å²) in [5.74, 6) is -0.0474. The minimum Gasteiger partial charge on any atom is -0.310 e. The number of nitrogens with zero attached hydrogens (tertiary/aromatic N) is 1. The van der Waals surface area contributed by atoms with Gasteiger partial charge in [0.05, 0.1) is 0 Å². The molecule has 0 atom stereocenters. The SMILES string of the molecule is CC1(C)CN(C(=O)CCl)c2ccc(Cl)cc21. The molecule has 1 aromatic carbocycles. The van der Waals surface area contributed by atoms with E-state index in [9.17, 15) is 4.79 Å². The summed E-state index contributed by atoms with van der Waals surface area (Å²) in [5, 5.41) is 0.701. The third-order valence-corrected chi connectivity index (χ3v) is 3.41. The first-order valence-corrected chi connectivity index (χ1v) is 6.03. The predicted molar refractivity (Wildman–Crippen MR) is 67.6 cm³/mol. The molecule has 1 aromatic rings. The zero-order valence-electron chi connectivity index (χ0n) is 9.26. The molecule has 0 spiro atoms. The first-order valence-electron chi connectivity index (χ1n) is 5.12. The summed E-state index contributed by atoms with van der Waals surface area (Å²) in [7, 11) is 0. The Hall–Kier alpha value is -0.730. The second kappa shape index (κ2) is 3.94. The Morgan fingerprint density at radius 3 is 2.81 bits per heavy atom. The van der Waals surface area contributed by atoms with Crippen molar-refractivity contribution in [2.45, 2.75) is 19.3 Å². The number of fused-ring (bicyclic) bond motifs is 1. The summed E-state index contributed by atoms with van der Waals surface area (Å²) < 4.78 is 0. The highest BCUT2D eigenvalue weighted by atomic mass is 35.5. The number of benzene rings is 1. The summed E-state index contributed by atoms with van der Waals surface area (Å²) in [4.78, 5) is 13.4. The van der Waals surface area contributed by atoms with E-state index in [1.165, 1.54) is 0 Å². The summed E-state index contributed by atoms with van der Waals surface area (Å²) in [6, 6.07) is 5.62. The van der Waals surface area contributed by atoms with E-state index in [1.807, 2.05) is 12.1 Å². The first kappa shape index (κ1) is 11.7. The van der Waals surface area contributed by atoms with Crippen LogP contribution in [0.15, 0.2) is 18.2 Å². The zero-order chi connectivity index (χ0) is 11.9. The Labute approximate surface area is 105 Å². The van der Waals surface area contributed by atoms with E-state index in [-0.39, 0.29) is 17.2 Å². The van der Waals surface area contributed by atoms with Crippen LogP contribution in [0.3, 0.4) is 0 Å². The van der Waals surface area contributed by atoms with E-state index in [0.29, 0.717) is 11.6 Å². The maximum atomic E-state index is 11.7. The maximum Gasteiger partial charge on any atom is 0.241 e. The molecule has 0 aliphatic carbocycles. The molecule has 16 heavy (non-hydrogen) atoms.